The maximum Gasteiger partial charge on any atom is 0.128 e. The molecule has 1 unspecified atom stereocenters. The molecule has 0 spiro atoms. The summed E-state index contributed by atoms with van der Waals surface area (Å²) in [6.45, 7) is 0. The molecule has 0 heterocycles. The number of nitrogens with one attached hydrogen (secondary N) is 1. The Balaban J connectivity index is 2.49. The van der Waals surface area contributed by atoms with Crippen molar-refractivity contribution in [3.8, 4) is 5.75 Å². The van der Waals surface area contributed by atoms with E-state index < -0.39 is 0 Å². The predicted octanol–water partition coefficient (Wildman–Crippen LogP) is 4.45. The molecule has 106 valence electrons. The van der Waals surface area contributed by atoms with Gasteiger partial charge in [0.15, 0.2) is 0 Å². The first-order valence-electron chi connectivity index (χ1n) is 6.02. The molecular formula is C15H14Cl2FNO. The highest BCUT2D eigenvalue weighted by Gasteiger charge is 2.19. The zero-order valence-corrected chi connectivity index (χ0v) is 12.6. The molecule has 2 aromatic carbocycles. The van der Waals surface area contributed by atoms with Crippen molar-refractivity contribution < 1.29 is 9.13 Å². The van der Waals surface area contributed by atoms with Crippen molar-refractivity contribution in [1.29, 1.82) is 0 Å². The van der Waals surface area contributed by atoms with Crippen LogP contribution in [0.25, 0.3) is 0 Å². The number of halogens is 3. The van der Waals surface area contributed by atoms with E-state index in [9.17, 15) is 4.39 Å². The van der Waals surface area contributed by atoms with Crippen molar-refractivity contribution in [3.63, 3.8) is 0 Å². The lowest BCUT2D eigenvalue weighted by Crippen LogP contribution is -2.19. The van der Waals surface area contributed by atoms with Crippen LogP contribution in [0, 0.1) is 5.82 Å². The molecule has 2 rings (SSSR count). The molecule has 0 radical (unpaired) electrons. The standard InChI is InChI=1S/C15H14Cl2FNO/c1-19-15(12-7-9(16)3-6-14(12)18)11-5-4-10(20-2)8-13(11)17/h3-8,15,19H,1-2H3. The highest BCUT2D eigenvalue weighted by atomic mass is 35.5. The topological polar surface area (TPSA) is 21.3 Å². The molecule has 0 amide bonds. The van der Waals surface area contributed by atoms with Crippen LogP contribution in [-0.2, 0) is 0 Å². The van der Waals surface area contributed by atoms with Gasteiger partial charge in [-0.2, -0.15) is 0 Å². The molecule has 0 saturated carbocycles. The van der Waals surface area contributed by atoms with E-state index in [2.05, 4.69) is 5.32 Å². The van der Waals surface area contributed by atoms with Gasteiger partial charge in [-0.25, -0.2) is 4.39 Å². The third-order valence-corrected chi connectivity index (χ3v) is 3.64. The minimum Gasteiger partial charge on any atom is -0.497 e. The third-order valence-electron chi connectivity index (χ3n) is 3.08. The molecule has 0 aliphatic heterocycles. The predicted molar refractivity (Wildman–Crippen MR) is 80.3 cm³/mol. The lowest BCUT2D eigenvalue weighted by Gasteiger charge is -2.20. The summed E-state index contributed by atoms with van der Waals surface area (Å²) < 4.78 is 19.1. The number of hydrogen-bond donors (Lipinski definition) is 1. The Morgan fingerprint density at radius 2 is 1.85 bits per heavy atom. The molecule has 0 saturated heterocycles. The van der Waals surface area contributed by atoms with Crippen LogP contribution < -0.4 is 10.1 Å². The SMILES string of the molecule is CNC(c1cc(Cl)ccc1F)c1ccc(OC)cc1Cl. The van der Waals surface area contributed by atoms with Gasteiger partial charge in [-0.1, -0.05) is 29.3 Å². The Labute approximate surface area is 127 Å². The van der Waals surface area contributed by atoms with Gasteiger partial charge in [-0.05, 0) is 42.9 Å². The second kappa shape index (κ2) is 6.44. The molecule has 20 heavy (non-hydrogen) atoms. The summed E-state index contributed by atoms with van der Waals surface area (Å²) in [6, 6.07) is 9.37. The summed E-state index contributed by atoms with van der Waals surface area (Å²) >= 11 is 12.2. The van der Waals surface area contributed by atoms with E-state index in [0.717, 1.165) is 5.56 Å². The molecule has 0 aliphatic rings. The van der Waals surface area contributed by atoms with Crippen LogP contribution in [0.1, 0.15) is 17.2 Å². The van der Waals surface area contributed by atoms with Crippen LogP contribution in [0.5, 0.6) is 5.75 Å². The lowest BCUT2D eigenvalue weighted by molar-refractivity contribution is 0.414. The van der Waals surface area contributed by atoms with Crippen molar-refractivity contribution in [2.24, 2.45) is 0 Å². The second-order valence-electron chi connectivity index (χ2n) is 4.27. The molecule has 0 fully saturated rings. The Hall–Kier alpha value is -1.29. The van der Waals surface area contributed by atoms with Crippen LogP contribution in [0.2, 0.25) is 10.0 Å². The van der Waals surface area contributed by atoms with E-state index >= 15 is 0 Å². The van der Waals surface area contributed by atoms with Crippen molar-refractivity contribution in [1.82, 2.24) is 5.32 Å². The van der Waals surface area contributed by atoms with E-state index in [0.29, 0.717) is 21.4 Å². The molecule has 2 aromatic rings. The van der Waals surface area contributed by atoms with Gasteiger partial charge in [0, 0.05) is 15.6 Å². The zero-order valence-electron chi connectivity index (χ0n) is 11.1. The molecule has 0 aliphatic carbocycles. The van der Waals surface area contributed by atoms with E-state index in [1.165, 1.54) is 12.1 Å². The van der Waals surface area contributed by atoms with Gasteiger partial charge in [0.2, 0.25) is 0 Å². The van der Waals surface area contributed by atoms with E-state index in [4.69, 9.17) is 27.9 Å². The average molecular weight is 314 g/mol. The number of ether oxygens (including phenoxy) is 1. The Kier molecular flexibility index (Phi) is 4.86. The quantitative estimate of drug-likeness (QED) is 0.900. The van der Waals surface area contributed by atoms with Gasteiger partial charge in [0.05, 0.1) is 13.2 Å². The Bertz CT molecular complexity index is 619. The van der Waals surface area contributed by atoms with E-state index in [1.807, 2.05) is 6.07 Å². The smallest absolute Gasteiger partial charge is 0.128 e. The van der Waals surface area contributed by atoms with Gasteiger partial charge >= 0.3 is 0 Å². The Morgan fingerprint density at radius 3 is 2.45 bits per heavy atom. The van der Waals surface area contributed by atoms with Crippen molar-refractivity contribution in [2.75, 3.05) is 14.2 Å². The van der Waals surface area contributed by atoms with E-state index in [1.54, 1.807) is 32.4 Å². The fraction of sp³-hybridized carbons (Fsp3) is 0.200. The highest BCUT2D eigenvalue weighted by molar-refractivity contribution is 6.31. The average Bonchev–Trinajstić information content (AvgIpc) is 2.44. The van der Waals surface area contributed by atoms with Crippen molar-refractivity contribution in [2.45, 2.75) is 6.04 Å². The molecule has 0 bridgehead atoms. The van der Waals surface area contributed by atoms with Gasteiger partial charge in [0.25, 0.3) is 0 Å². The van der Waals surface area contributed by atoms with Crippen LogP contribution in [0.4, 0.5) is 4.39 Å². The van der Waals surface area contributed by atoms with Crippen molar-refractivity contribution >= 4 is 23.2 Å². The normalized spacial score (nSPS) is 12.2. The van der Waals surface area contributed by atoms with Crippen LogP contribution in [0.3, 0.4) is 0 Å². The zero-order chi connectivity index (χ0) is 14.7. The molecule has 1 atom stereocenters. The number of hydrogen-bond acceptors (Lipinski definition) is 2. The summed E-state index contributed by atoms with van der Waals surface area (Å²) in [5.41, 5.74) is 1.21. The first-order valence-corrected chi connectivity index (χ1v) is 6.78. The minimum atomic E-state index is -0.382. The van der Waals surface area contributed by atoms with Gasteiger partial charge in [0.1, 0.15) is 11.6 Å². The lowest BCUT2D eigenvalue weighted by atomic mass is 9.98. The minimum absolute atomic E-state index is 0.333. The molecular weight excluding hydrogens is 300 g/mol. The van der Waals surface area contributed by atoms with Crippen LogP contribution in [-0.4, -0.2) is 14.2 Å². The largest absolute Gasteiger partial charge is 0.497 e. The first-order chi connectivity index (χ1) is 9.56. The molecule has 2 nitrogen and oxygen atoms in total. The van der Waals surface area contributed by atoms with Crippen LogP contribution >= 0.6 is 23.2 Å². The second-order valence-corrected chi connectivity index (χ2v) is 5.12. The van der Waals surface area contributed by atoms with Gasteiger partial charge in [-0.15, -0.1) is 0 Å². The maximum absolute atomic E-state index is 14.0. The summed E-state index contributed by atoms with van der Waals surface area (Å²) in [6.07, 6.45) is 0. The third kappa shape index (κ3) is 3.06. The monoisotopic (exact) mass is 313 g/mol. The summed E-state index contributed by atoms with van der Waals surface area (Å²) in [5, 5.41) is 4.04. The van der Waals surface area contributed by atoms with Gasteiger partial charge < -0.3 is 10.1 Å². The molecule has 5 heteroatoms. The first kappa shape index (κ1) is 15.1. The molecule has 0 aromatic heterocycles. The van der Waals surface area contributed by atoms with Crippen molar-refractivity contribution in [3.05, 3.63) is 63.4 Å². The summed E-state index contributed by atoms with van der Waals surface area (Å²) in [7, 11) is 3.31. The Morgan fingerprint density at radius 1 is 1.10 bits per heavy atom. The summed E-state index contributed by atoms with van der Waals surface area (Å²) in [5.74, 6) is 0.320. The number of rotatable bonds is 4. The highest BCUT2D eigenvalue weighted by Crippen LogP contribution is 2.33. The van der Waals surface area contributed by atoms with Gasteiger partial charge in [-0.3, -0.25) is 0 Å². The van der Waals surface area contributed by atoms with Crippen LogP contribution in [0.15, 0.2) is 36.4 Å². The van der Waals surface area contributed by atoms with E-state index in [-0.39, 0.29) is 11.9 Å². The molecule has 1 N–H and O–H groups in total. The number of methoxy groups -OCH3 is 1. The fourth-order valence-corrected chi connectivity index (χ4v) is 2.54. The summed E-state index contributed by atoms with van der Waals surface area (Å²) in [4.78, 5) is 0. The number of benzene rings is 2. The fourth-order valence-electron chi connectivity index (χ4n) is 2.08. The maximum atomic E-state index is 14.0.